The van der Waals surface area contributed by atoms with E-state index in [4.69, 9.17) is 37.9 Å². The first-order valence-electron chi connectivity index (χ1n) is 27.0. The highest BCUT2D eigenvalue weighted by atomic mass is 79.9. The highest BCUT2D eigenvalue weighted by molar-refractivity contribution is 9.11. The molecule has 0 atom stereocenters. The molecule has 0 saturated carbocycles. The zero-order valence-corrected chi connectivity index (χ0v) is 56.3. The fraction of sp³-hybridized carbons (Fsp3) is 0.125. The van der Waals surface area contributed by atoms with Crippen LogP contribution in [0.15, 0.2) is 165 Å². The van der Waals surface area contributed by atoms with Crippen molar-refractivity contribution in [1.82, 2.24) is 39.9 Å². The summed E-state index contributed by atoms with van der Waals surface area (Å²) in [5.74, 6) is 8.07. The summed E-state index contributed by atoms with van der Waals surface area (Å²) in [4.78, 5) is 34.2. The fourth-order valence-electron chi connectivity index (χ4n) is 8.82. The number of methoxy groups -OCH3 is 8. The van der Waals surface area contributed by atoms with Crippen LogP contribution in [0.3, 0.4) is 0 Å². The predicted octanol–water partition coefficient (Wildman–Crippen LogP) is 15.4. The summed E-state index contributed by atoms with van der Waals surface area (Å²) in [5, 5.41) is 54.4. The van der Waals surface area contributed by atoms with Crippen LogP contribution in [0.2, 0.25) is 0 Å². The summed E-state index contributed by atoms with van der Waals surface area (Å²) < 4.78 is 44.9. The molecule has 24 nitrogen and oxygen atoms in total. The number of anilines is 8. The maximum absolute atomic E-state index is 9.58. The average Bonchev–Trinajstić information content (AvgIpc) is 0.944. The van der Waals surface area contributed by atoms with E-state index in [0.29, 0.717) is 87.2 Å². The number of nitrogens with zero attached hydrogens (tertiary/aromatic N) is 8. The molecule has 92 heavy (non-hydrogen) atoms. The fourth-order valence-corrected chi connectivity index (χ4v) is 10.3. The smallest absolute Gasteiger partial charge is 0.162 e. The number of benzene rings is 8. The van der Waals surface area contributed by atoms with Gasteiger partial charge < -0.3 is 79.6 Å². The maximum Gasteiger partial charge on any atom is 0.162 e. The standard InChI is InChI=1S/4C16H14BrN3O3/c4*1-22-14-6-10-12(7-15(14)23-2)18-8-19-16(10)20-9-3-4-13(21)11(17)5-9/h4*3-8,21H,1-2H3,(H,18,19,20). The van der Waals surface area contributed by atoms with Gasteiger partial charge in [0.1, 0.15) is 71.6 Å². The molecule has 0 unspecified atom stereocenters. The van der Waals surface area contributed by atoms with Crippen LogP contribution >= 0.6 is 63.7 Å². The molecule has 12 aromatic rings. The Hall–Kier alpha value is -10.2. The van der Waals surface area contributed by atoms with Crippen molar-refractivity contribution in [1.29, 1.82) is 0 Å². The van der Waals surface area contributed by atoms with Crippen molar-refractivity contribution >= 4 is 153 Å². The summed E-state index contributed by atoms with van der Waals surface area (Å²) in [6.07, 6.45) is 5.91. The number of phenols is 4. The molecule has 0 amide bonds. The molecule has 0 radical (unpaired) electrons. The van der Waals surface area contributed by atoms with Gasteiger partial charge in [-0.1, -0.05) is 0 Å². The van der Waals surface area contributed by atoms with E-state index in [0.717, 1.165) is 66.4 Å². The molecule has 0 spiro atoms. The van der Waals surface area contributed by atoms with Gasteiger partial charge in [-0.3, -0.25) is 0 Å². The molecule has 8 aromatic carbocycles. The Kier molecular flexibility index (Phi) is 22.0. The van der Waals surface area contributed by atoms with Crippen molar-refractivity contribution < 1.29 is 58.3 Å². The third-order valence-corrected chi connectivity index (χ3v) is 15.9. The Morgan fingerprint density at radius 2 is 0.446 bits per heavy atom. The first-order chi connectivity index (χ1) is 44.5. The quantitative estimate of drug-likeness (QED) is 0.0417. The Labute approximate surface area is 559 Å². The van der Waals surface area contributed by atoms with Gasteiger partial charge in [-0.05, 0) is 161 Å². The lowest BCUT2D eigenvalue weighted by molar-refractivity contribution is 0.356. The highest BCUT2D eigenvalue weighted by Crippen LogP contribution is 2.40. The third kappa shape index (κ3) is 15.7. The van der Waals surface area contributed by atoms with Gasteiger partial charge in [0, 0.05) is 68.6 Å². The van der Waals surface area contributed by atoms with E-state index in [1.807, 2.05) is 24.3 Å². The number of fused-ring (bicyclic) bond motifs is 4. The van der Waals surface area contributed by atoms with Gasteiger partial charge in [-0.15, -0.1) is 0 Å². The molecular weight excluding hydrogens is 1450 g/mol. The Bertz CT molecular complexity index is 4060. The average molecular weight is 1500 g/mol. The number of hydrogen-bond acceptors (Lipinski definition) is 24. The monoisotopic (exact) mass is 1500 g/mol. The molecular formula is C64H56Br4N12O12. The molecule has 0 saturated heterocycles. The van der Waals surface area contributed by atoms with Gasteiger partial charge in [0.2, 0.25) is 0 Å². The summed E-state index contributed by atoms with van der Waals surface area (Å²) >= 11 is 13.2. The van der Waals surface area contributed by atoms with Crippen molar-refractivity contribution in [3.8, 4) is 69.0 Å². The molecule has 12 rings (SSSR count). The van der Waals surface area contributed by atoms with Crippen LogP contribution in [-0.2, 0) is 0 Å². The predicted molar refractivity (Wildman–Crippen MR) is 367 cm³/mol. The molecule has 28 heteroatoms. The van der Waals surface area contributed by atoms with Crippen LogP contribution in [0.4, 0.5) is 46.0 Å². The molecule has 8 N–H and O–H groups in total. The Morgan fingerprint density at radius 3 is 0.620 bits per heavy atom. The lowest BCUT2D eigenvalue weighted by Crippen LogP contribution is -1.98. The van der Waals surface area contributed by atoms with Crippen LogP contribution in [-0.4, -0.2) is 117 Å². The second-order valence-corrected chi connectivity index (χ2v) is 22.4. The minimum atomic E-state index is 0.175. The number of hydrogen-bond donors (Lipinski definition) is 8. The molecule has 472 valence electrons. The van der Waals surface area contributed by atoms with Gasteiger partial charge in [0.25, 0.3) is 0 Å². The zero-order valence-electron chi connectivity index (χ0n) is 50.0. The molecule has 0 aliphatic carbocycles. The number of aromatic hydroxyl groups is 4. The minimum absolute atomic E-state index is 0.175. The van der Waals surface area contributed by atoms with Crippen LogP contribution in [0, 0.1) is 0 Å². The normalized spacial score (nSPS) is 10.6. The molecule has 0 aliphatic rings. The Morgan fingerprint density at radius 1 is 0.261 bits per heavy atom. The van der Waals surface area contributed by atoms with Crippen molar-refractivity contribution in [2.24, 2.45) is 0 Å². The highest BCUT2D eigenvalue weighted by Gasteiger charge is 2.17. The Balaban J connectivity index is 0.000000145. The second-order valence-electron chi connectivity index (χ2n) is 19.0. The van der Waals surface area contributed by atoms with Gasteiger partial charge in [-0.2, -0.15) is 0 Å². The van der Waals surface area contributed by atoms with E-state index < -0.39 is 0 Å². The largest absolute Gasteiger partial charge is 0.507 e. The van der Waals surface area contributed by atoms with E-state index in [1.165, 1.54) is 25.3 Å². The van der Waals surface area contributed by atoms with E-state index in [-0.39, 0.29) is 23.0 Å². The second kappa shape index (κ2) is 30.6. The van der Waals surface area contributed by atoms with E-state index in [9.17, 15) is 20.4 Å². The van der Waals surface area contributed by atoms with Crippen LogP contribution in [0.5, 0.6) is 69.0 Å². The summed E-state index contributed by atoms with van der Waals surface area (Å²) in [6, 6.07) is 35.0. The summed E-state index contributed by atoms with van der Waals surface area (Å²) in [7, 11) is 12.6. The number of halogens is 4. The molecule has 4 aromatic heterocycles. The van der Waals surface area contributed by atoms with Crippen molar-refractivity contribution in [3.63, 3.8) is 0 Å². The van der Waals surface area contributed by atoms with E-state index >= 15 is 0 Å². The molecule has 4 heterocycles. The number of nitrogens with one attached hydrogen (secondary N) is 4. The number of ether oxygens (including phenoxy) is 8. The summed E-state index contributed by atoms with van der Waals surface area (Å²) in [5.41, 5.74) is 6.06. The molecule has 0 aliphatic heterocycles. The van der Waals surface area contributed by atoms with Crippen LogP contribution < -0.4 is 59.2 Å². The van der Waals surface area contributed by atoms with Gasteiger partial charge >= 0.3 is 0 Å². The lowest BCUT2D eigenvalue weighted by Gasteiger charge is -2.12. The molecule has 0 bridgehead atoms. The van der Waals surface area contributed by atoms with Gasteiger partial charge in [0.05, 0.1) is 96.8 Å². The van der Waals surface area contributed by atoms with Crippen molar-refractivity contribution in [3.05, 3.63) is 165 Å². The van der Waals surface area contributed by atoms with Gasteiger partial charge in [0.15, 0.2) is 46.0 Å². The van der Waals surface area contributed by atoms with E-state index in [2.05, 4.69) is 125 Å². The number of aromatic nitrogens is 8. The molecule has 0 fully saturated rings. The van der Waals surface area contributed by atoms with Crippen LogP contribution in [0.1, 0.15) is 0 Å². The van der Waals surface area contributed by atoms with Crippen molar-refractivity contribution in [2.45, 2.75) is 0 Å². The minimum Gasteiger partial charge on any atom is -0.507 e. The van der Waals surface area contributed by atoms with E-state index in [1.54, 1.807) is 154 Å². The number of phenolic OH excluding ortho intramolecular Hbond substituents is 4. The van der Waals surface area contributed by atoms with Crippen LogP contribution in [0.25, 0.3) is 43.6 Å². The first kappa shape index (κ1) is 66.3. The zero-order chi connectivity index (χ0) is 65.6. The first-order valence-corrected chi connectivity index (χ1v) is 30.1. The lowest BCUT2D eigenvalue weighted by atomic mass is 10.2. The maximum atomic E-state index is 9.58. The topological polar surface area (TPSA) is 306 Å². The van der Waals surface area contributed by atoms with Crippen molar-refractivity contribution in [2.75, 3.05) is 78.1 Å². The number of rotatable bonds is 16. The SMILES string of the molecule is COc1cc2ncnc(Nc3ccc(O)c(Br)c3)c2cc1OC.COc1cc2ncnc(Nc3ccc(O)c(Br)c3)c2cc1OC.COc1cc2ncnc(Nc3ccc(O)c(Br)c3)c2cc1OC.COc1cc2ncnc(Nc3ccc(O)c(Br)c3)c2cc1OC. The van der Waals surface area contributed by atoms with Gasteiger partial charge in [-0.25, -0.2) is 39.9 Å². The third-order valence-electron chi connectivity index (χ3n) is 13.4. The summed E-state index contributed by atoms with van der Waals surface area (Å²) in [6.45, 7) is 0.